The van der Waals surface area contributed by atoms with Crippen LogP contribution in [0.1, 0.15) is 38.2 Å². The van der Waals surface area contributed by atoms with Gasteiger partial charge in [-0.2, -0.15) is 13.2 Å². The lowest BCUT2D eigenvalue weighted by atomic mass is 10.0. The maximum atomic E-state index is 12.6. The molecule has 1 aromatic heterocycles. The van der Waals surface area contributed by atoms with E-state index in [1.807, 2.05) is 11.8 Å². The quantitative estimate of drug-likeness (QED) is 0.772. The number of amides is 2. The van der Waals surface area contributed by atoms with E-state index in [0.717, 1.165) is 18.7 Å². The Balaban J connectivity index is 1.36. The van der Waals surface area contributed by atoms with Gasteiger partial charge in [0.1, 0.15) is 5.82 Å². The first kappa shape index (κ1) is 20.4. The minimum atomic E-state index is -4.39. The van der Waals surface area contributed by atoms with Gasteiger partial charge in [-0.25, -0.2) is 4.98 Å². The van der Waals surface area contributed by atoms with E-state index in [-0.39, 0.29) is 30.2 Å². The van der Waals surface area contributed by atoms with Crippen LogP contribution in [0.5, 0.6) is 0 Å². The third-order valence-corrected chi connectivity index (χ3v) is 5.36. The van der Waals surface area contributed by atoms with Crippen molar-refractivity contribution in [2.75, 3.05) is 24.5 Å². The molecule has 0 radical (unpaired) electrons. The van der Waals surface area contributed by atoms with Crippen LogP contribution in [-0.4, -0.2) is 42.5 Å². The molecule has 2 unspecified atom stereocenters. The number of carbonyl (C=O) groups is 2. The molecule has 1 aromatic rings. The molecule has 2 aliphatic rings. The fourth-order valence-corrected chi connectivity index (χ4v) is 3.41. The first-order valence-electron chi connectivity index (χ1n) is 9.59. The molecule has 1 aliphatic carbocycles. The molecule has 9 heteroatoms. The highest BCUT2D eigenvalue weighted by molar-refractivity contribution is 5.82. The van der Waals surface area contributed by atoms with Gasteiger partial charge in [-0.1, -0.05) is 6.92 Å². The Morgan fingerprint density at radius 1 is 1.25 bits per heavy atom. The Kier molecular flexibility index (Phi) is 6.10. The van der Waals surface area contributed by atoms with Crippen LogP contribution in [-0.2, 0) is 15.8 Å². The highest BCUT2D eigenvalue weighted by Gasteiger charge is 2.38. The molecule has 2 heterocycles. The Hall–Kier alpha value is -2.32. The van der Waals surface area contributed by atoms with Crippen LogP contribution in [0.2, 0.25) is 0 Å². The van der Waals surface area contributed by atoms with E-state index in [9.17, 15) is 22.8 Å². The number of piperidine rings is 1. The van der Waals surface area contributed by atoms with Gasteiger partial charge in [-0.3, -0.25) is 9.59 Å². The zero-order chi connectivity index (χ0) is 20.3. The second kappa shape index (κ2) is 8.36. The van der Waals surface area contributed by atoms with Crippen molar-refractivity contribution in [3.63, 3.8) is 0 Å². The second-order valence-corrected chi connectivity index (χ2v) is 7.59. The lowest BCUT2D eigenvalue weighted by Gasteiger charge is -2.33. The van der Waals surface area contributed by atoms with E-state index < -0.39 is 11.7 Å². The zero-order valence-corrected chi connectivity index (χ0v) is 15.8. The second-order valence-electron chi connectivity index (χ2n) is 7.59. The first-order valence-corrected chi connectivity index (χ1v) is 9.59. The van der Waals surface area contributed by atoms with Crippen LogP contribution < -0.4 is 15.5 Å². The Labute approximate surface area is 161 Å². The molecule has 28 heavy (non-hydrogen) atoms. The van der Waals surface area contributed by atoms with Gasteiger partial charge in [0.25, 0.3) is 0 Å². The molecule has 154 valence electrons. The lowest BCUT2D eigenvalue weighted by Crippen LogP contribution is -2.45. The van der Waals surface area contributed by atoms with Gasteiger partial charge in [0.15, 0.2) is 0 Å². The van der Waals surface area contributed by atoms with Crippen molar-refractivity contribution < 1.29 is 22.8 Å². The minimum absolute atomic E-state index is 0.0253. The summed E-state index contributed by atoms with van der Waals surface area (Å²) in [4.78, 5) is 29.6. The van der Waals surface area contributed by atoms with Crippen LogP contribution in [0, 0.1) is 11.8 Å². The fourth-order valence-electron chi connectivity index (χ4n) is 3.41. The topological polar surface area (TPSA) is 74.3 Å². The number of halogens is 3. The summed E-state index contributed by atoms with van der Waals surface area (Å²) in [5.41, 5.74) is -0.762. The first-order chi connectivity index (χ1) is 13.2. The van der Waals surface area contributed by atoms with Gasteiger partial charge in [0, 0.05) is 44.2 Å². The number of aromatic nitrogens is 1. The Morgan fingerprint density at radius 2 is 1.93 bits per heavy atom. The number of carbonyl (C=O) groups excluding carboxylic acids is 2. The highest BCUT2D eigenvalue weighted by atomic mass is 19.4. The minimum Gasteiger partial charge on any atom is -0.356 e. The molecule has 3 rings (SSSR count). The number of anilines is 1. The third-order valence-electron chi connectivity index (χ3n) is 5.36. The van der Waals surface area contributed by atoms with Crippen LogP contribution in [0.3, 0.4) is 0 Å². The predicted molar refractivity (Wildman–Crippen MR) is 97.5 cm³/mol. The number of hydrogen-bond acceptors (Lipinski definition) is 4. The molecule has 2 N–H and O–H groups in total. The van der Waals surface area contributed by atoms with Crippen LogP contribution in [0.15, 0.2) is 18.3 Å². The zero-order valence-electron chi connectivity index (χ0n) is 15.8. The molecular weight excluding hydrogens is 373 g/mol. The van der Waals surface area contributed by atoms with Crippen molar-refractivity contribution in [3.05, 3.63) is 23.9 Å². The molecule has 1 saturated heterocycles. The largest absolute Gasteiger partial charge is 0.417 e. The van der Waals surface area contributed by atoms with Gasteiger partial charge < -0.3 is 15.5 Å². The van der Waals surface area contributed by atoms with Gasteiger partial charge in [0.2, 0.25) is 11.8 Å². The molecule has 0 aromatic carbocycles. The lowest BCUT2D eigenvalue weighted by molar-refractivity contribution is -0.137. The number of nitrogens with one attached hydrogen (secondary N) is 2. The third kappa shape index (κ3) is 5.36. The molecule has 1 aliphatic heterocycles. The van der Waals surface area contributed by atoms with E-state index in [4.69, 9.17) is 0 Å². The standard InChI is InChI=1S/C19H25F3N4O2/c1-12-10-15(12)18(28)23-7-4-17(27)25-14-5-8-26(9-6-14)16-3-2-13(11-24-16)19(20,21)22/h2-3,11-12,14-15H,4-10H2,1H3,(H,23,28)(H,25,27). The Morgan fingerprint density at radius 3 is 2.46 bits per heavy atom. The average molecular weight is 398 g/mol. The summed E-state index contributed by atoms with van der Waals surface area (Å²) in [5.74, 6) is 0.979. The summed E-state index contributed by atoms with van der Waals surface area (Å²) >= 11 is 0. The maximum absolute atomic E-state index is 12.6. The smallest absolute Gasteiger partial charge is 0.356 e. The number of hydrogen-bond donors (Lipinski definition) is 2. The Bertz CT molecular complexity index is 700. The van der Waals surface area contributed by atoms with Crippen LogP contribution in [0.4, 0.5) is 19.0 Å². The van der Waals surface area contributed by atoms with Gasteiger partial charge in [0.05, 0.1) is 5.56 Å². The number of nitrogens with zero attached hydrogens (tertiary/aromatic N) is 2. The predicted octanol–water partition coefficient (Wildman–Crippen LogP) is 2.35. The SMILES string of the molecule is CC1CC1C(=O)NCCC(=O)NC1CCN(c2ccc(C(F)(F)F)cn2)CC1. The summed E-state index contributed by atoms with van der Waals surface area (Å²) in [5, 5.41) is 5.75. The van der Waals surface area contributed by atoms with Gasteiger partial charge in [-0.15, -0.1) is 0 Å². The molecule has 1 saturated carbocycles. The highest BCUT2D eigenvalue weighted by Crippen LogP contribution is 2.37. The average Bonchev–Trinajstić information content (AvgIpc) is 3.38. The van der Waals surface area contributed by atoms with Crippen molar-refractivity contribution >= 4 is 17.6 Å². The van der Waals surface area contributed by atoms with Crippen molar-refractivity contribution in [1.29, 1.82) is 0 Å². The van der Waals surface area contributed by atoms with E-state index in [0.29, 0.717) is 44.2 Å². The van der Waals surface area contributed by atoms with Crippen molar-refractivity contribution in [2.45, 2.75) is 44.8 Å². The summed E-state index contributed by atoms with van der Waals surface area (Å²) in [7, 11) is 0. The monoisotopic (exact) mass is 398 g/mol. The molecule has 0 bridgehead atoms. The van der Waals surface area contributed by atoms with E-state index in [2.05, 4.69) is 15.6 Å². The summed E-state index contributed by atoms with van der Waals surface area (Å²) in [6, 6.07) is 2.44. The molecule has 2 fully saturated rings. The van der Waals surface area contributed by atoms with Crippen LogP contribution in [0.25, 0.3) is 0 Å². The number of pyridine rings is 1. The number of rotatable bonds is 6. The molecule has 0 spiro atoms. The van der Waals surface area contributed by atoms with Crippen molar-refractivity contribution in [2.24, 2.45) is 11.8 Å². The van der Waals surface area contributed by atoms with Gasteiger partial charge >= 0.3 is 6.18 Å². The normalized spacial score (nSPS) is 22.6. The summed E-state index contributed by atoms with van der Waals surface area (Å²) < 4.78 is 37.8. The van der Waals surface area contributed by atoms with E-state index >= 15 is 0 Å². The van der Waals surface area contributed by atoms with Crippen LogP contribution >= 0.6 is 0 Å². The summed E-state index contributed by atoms with van der Waals surface area (Å²) in [6.07, 6.45) is -0.988. The molecular formula is C19H25F3N4O2. The van der Waals surface area contributed by atoms with Crippen molar-refractivity contribution in [1.82, 2.24) is 15.6 Å². The molecule has 2 amide bonds. The summed E-state index contributed by atoms with van der Waals surface area (Å²) in [6.45, 7) is 3.59. The fraction of sp³-hybridized carbons (Fsp3) is 0.632. The van der Waals surface area contributed by atoms with E-state index in [1.165, 1.54) is 6.07 Å². The van der Waals surface area contributed by atoms with Gasteiger partial charge in [-0.05, 0) is 37.3 Å². The van der Waals surface area contributed by atoms with Crippen molar-refractivity contribution in [3.8, 4) is 0 Å². The maximum Gasteiger partial charge on any atom is 0.417 e. The molecule has 6 nitrogen and oxygen atoms in total. The molecule has 2 atom stereocenters. The number of alkyl halides is 3. The van der Waals surface area contributed by atoms with E-state index in [1.54, 1.807) is 0 Å².